The molecule has 0 aliphatic carbocycles. The molecule has 0 aromatic rings. The van der Waals surface area contributed by atoms with Crippen molar-refractivity contribution < 1.29 is 35.0 Å². The molecule has 18 heavy (non-hydrogen) atoms. The van der Waals surface area contributed by atoms with E-state index >= 15 is 0 Å². The predicted octanol–water partition coefficient (Wildman–Crippen LogP) is -4.89. The van der Waals surface area contributed by atoms with E-state index in [0.717, 1.165) is 0 Å². The molecular weight excluding hydrogens is 404 g/mol. The van der Waals surface area contributed by atoms with Gasteiger partial charge < -0.3 is 0 Å². The van der Waals surface area contributed by atoms with Crippen LogP contribution in [0.5, 0.6) is 0 Å². The summed E-state index contributed by atoms with van der Waals surface area (Å²) in [6.45, 7) is 0. The topological polar surface area (TPSA) is 149 Å². The molecule has 0 rings (SSSR count). The Morgan fingerprint density at radius 1 is 0.556 bits per heavy atom. The second-order valence-electron chi connectivity index (χ2n) is 0.896. The van der Waals surface area contributed by atoms with Gasteiger partial charge in [0.1, 0.15) is 0 Å². The van der Waals surface area contributed by atoms with E-state index in [9.17, 15) is 0 Å². The first-order valence-electron chi connectivity index (χ1n) is 1.40. The van der Waals surface area contributed by atoms with E-state index in [1.165, 1.54) is 0 Å². The Hall–Kier alpha value is 6.32. The molecule has 0 saturated carbocycles. The van der Waals surface area contributed by atoms with Gasteiger partial charge in [0.15, 0.2) is 0 Å². The van der Waals surface area contributed by atoms with Gasteiger partial charge in [0.2, 0.25) is 0 Å². The monoisotopic (exact) mass is 416 g/mol. The number of hydrogen-bond acceptors (Lipinski definition) is 4. The van der Waals surface area contributed by atoms with Crippen LogP contribution < -0.4 is 0 Å². The molecule has 0 atom stereocenters. The van der Waals surface area contributed by atoms with Crippen molar-refractivity contribution >= 4 is 232 Å². The maximum absolute atomic E-state index is 8.74. The number of halogens is 2. The third-order valence-electron chi connectivity index (χ3n) is 0. The molecule has 18 heteroatoms. The van der Waals surface area contributed by atoms with Crippen LogP contribution >= 0.6 is 24.8 Å². The van der Waals surface area contributed by atoms with E-state index < -0.39 is 20.8 Å². The largest absolute Gasteiger partial charge is 0.316 e. The summed E-state index contributed by atoms with van der Waals surface area (Å²) in [5.41, 5.74) is 0. The zero-order valence-electron chi connectivity index (χ0n) is 5.05. The average molecular weight is 418 g/mol. The second kappa shape index (κ2) is 34.6. The van der Waals surface area contributed by atoms with Crippen molar-refractivity contribution in [2.75, 3.05) is 0 Å². The minimum Gasteiger partial charge on any atom is 0.316 e. The maximum Gasteiger partial charge on any atom is 0.316 e. The molecule has 0 heterocycles. The standard InChI is InChI=1S/2ClH.2K.2Li.2Mg.2H2O4S.8H/c;;;;;;;;2*1-5(2,3)4;;;;;;;;/h2*1H;;;;;;;2*(H2,1,2,3,4);;;;;;;;. The first-order chi connectivity index (χ1) is 4.00. The Bertz CT molecular complexity index is 237. The minimum atomic E-state index is -4.67. The van der Waals surface area contributed by atoms with E-state index in [-0.39, 0.29) is 211 Å². The summed E-state index contributed by atoms with van der Waals surface area (Å²) in [5.74, 6) is 0. The molecule has 0 aliphatic heterocycles. The van der Waals surface area contributed by atoms with Gasteiger partial charge in [-0.25, -0.2) is 0 Å². The van der Waals surface area contributed by atoms with Crippen LogP contribution in [0.2, 0.25) is 0 Å². The molecule has 0 aliphatic rings. The Morgan fingerprint density at radius 2 is 0.556 bits per heavy atom. The second-order valence-corrected chi connectivity index (χ2v) is 2.69. The maximum atomic E-state index is 8.74. The molecule has 4 N–H and O–H groups in total. The van der Waals surface area contributed by atoms with Crippen LogP contribution in [0.25, 0.3) is 0 Å². The van der Waals surface area contributed by atoms with E-state index in [0.29, 0.717) is 0 Å². The number of rotatable bonds is 0. The van der Waals surface area contributed by atoms with Crippen LogP contribution in [0.4, 0.5) is 0 Å². The molecule has 0 radical (unpaired) electrons. The summed E-state index contributed by atoms with van der Waals surface area (Å²) >= 11 is 0. The quantitative estimate of drug-likeness (QED) is 0.226. The van der Waals surface area contributed by atoms with Gasteiger partial charge >= 0.3 is 207 Å². The van der Waals surface area contributed by atoms with Gasteiger partial charge in [-0.1, -0.05) is 0 Å². The summed E-state index contributed by atoms with van der Waals surface area (Å²) in [6, 6.07) is 0. The Kier molecular flexibility index (Phi) is 124. The molecule has 0 saturated heterocycles. The third-order valence-corrected chi connectivity index (χ3v) is 0. The summed E-state index contributed by atoms with van der Waals surface area (Å²) in [7, 11) is -9.33. The summed E-state index contributed by atoms with van der Waals surface area (Å²) < 4.78 is 63.2. The van der Waals surface area contributed by atoms with Gasteiger partial charge in [-0.15, -0.1) is 24.8 Å². The van der Waals surface area contributed by atoms with Crippen molar-refractivity contribution in [2.24, 2.45) is 0 Å². The number of hydrogen-bond donors (Lipinski definition) is 4. The van der Waals surface area contributed by atoms with E-state index in [1.807, 2.05) is 0 Å². The molecule has 0 spiro atoms. The van der Waals surface area contributed by atoms with Gasteiger partial charge in [-0.3, -0.25) is 18.2 Å². The van der Waals surface area contributed by atoms with Crippen LogP contribution in [-0.2, 0) is 20.8 Å². The summed E-state index contributed by atoms with van der Waals surface area (Å²) in [5, 5.41) is 0. The molecule has 8 nitrogen and oxygen atoms in total. The van der Waals surface area contributed by atoms with Crippen LogP contribution in [0, 0.1) is 0 Å². The normalized spacial score (nSPS) is 6.44. The van der Waals surface area contributed by atoms with Crippen molar-refractivity contribution in [2.45, 2.75) is 0 Å². The van der Waals surface area contributed by atoms with Gasteiger partial charge in [-0.05, 0) is 0 Å². The van der Waals surface area contributed by atoms with Crippen molar-refractivity contribution in [1.29, 1.82) is 0 Å². The van der Waals surface area contributed by atoms with Crippen molar-refractivity contribution in [1.82, 2.24) is 0 Å². The fourth-order valence-electron chi connectivity index (χ4n) is 0. The van der Waals surface area contributed by atoms with Crippen LogP contribution in [0.1, 0.15) is 0 Å². The predicted molar refractivity (Wildman–Crippen MR) is 88.5 cm³/mol. The zero-order chi connectivity index (χ0) is 9.00. The van der Waals surface area contributed by atoms with Crippen molar-refractivity contribution in [3.63, 3.8) is 0 Å². The van der Waals surface area contributed by atoms with Gasteiger partial charge in [0, 0.05) is 0 Å². The fourth-order valence-corrected chi connectivity index (χ4v) is 0. The molecular formula is H14Cl2K2Li2Mg2O8S2. The molecule has 0 aromatic carbocycles. The van der Waals surface area contributed by atoms with E-state index in [4.69, 9.17) is 35.0 Å². The molecule has 0 amide bonds. The summed E-state index contributed by atoms with van der Waals surface area (Å²) in [6.07, 6.45) is 0. The van der Waals surface area contributed by atoms with Crippen LogP contribution in [0.15, 0.2) is 0 Å². The van der Waals surface area contributed by atoms with E-state index in [2.05, 4.69) is 0 Å². The third kappa shape index (κ3) is 254. The minimum absolute atomic E-state index is 0. The average Bonchev–Trinajstić information content (AvgIpc) is 1.12. The van der Waals surface area contributed by atoms with Crippen LogP contribution in [0.3, 0.4) is 0 Å². The molecule has 96 valence electrons. The van der Waals surface area contributed by atoms with Crippen LogP contribution in [-0.4, -0.2) is 222 Å². The van der Waals surface area contributed by atoms with Crippen molar-refractivity contribution in [3.05, 3.63) is 0 Å². The first kappa shape index (κ1) is 64.5. The Morgan fingerprint density at radius 3 is 0.556 bits per heavy atom. The molecule has 0 bridgehead atoms. The molecule has 0 aromatic heterocycles. The molecule has 0 fully saturated rings. The smallest absolute Gasteiger partial charge is 0.316 e. The van der Waals surface area contributed by atoms with Gasteiger partial charge in [0.25, 0.3) is 0 Å². The van der Waals surface area contributed by atoms with E-state index in [1.54, 1.807) is 0 Å². The van der Waals surface area contributed by atoms with Gasteiger partial charge in [0.05, 0.1) is 0 Å². The Labute approximate surface area is 260 Å². The first-order valence-corrected chi connectivity index (χ1v) is 4.19. The van der Waals surface area contributed by atoms with Gasteiger partial charge in [-0.2, -0.15) is 16.8 Å². The summed E-state index contributed by atoms with van der Waals surface area (Å²) in [4.78, 5) is 0. The fraction of sp³-hybridized carbons (Fsp3) is 0. The van der Waals surface area contributed by atoms with Crippen molar-refractivity contribution in [3.8, 4) is 0 Å². The SMILES string of the molecule is Cl.Cl.O=S(=O)(O)O.O=S(=O)(O)O.[KH].[KH].[LiH].[LiH].[MgH2].[MgH2]. The Balaban J connectivity index is -0.00000000615. The molecule has 0 unspecified atom stereocenters. The zero-order valence-corrected chi connectivity index (χ0v) is 8.32.